The van der Waals surface area contributed by atoms with E-state index in [1.54, 1.807) is 0 Å². The van der Waals surface area contributed by atoms with E-state index in [1.807, 2.05) is 6.92 Å². The van der Waals surface area contributed by atoms with Gasteiger partial charge in [-0.25, -0.2) is 4.98 Å². The number of fused-ring (bicyclic) bond motifs is 1. The third-order valence-corrected chi connectivity index (χ3v) is 6.07. The third-order valence-electron chi connectivity index (χ3n) is 5.03. The van der Waals surface area contributed by atoms with Crippen LogP contribution in [0.15, 0.2) is 29.3 Å². The molecule has 0 aliphatic heterocycles. The first-order chi connectivity index (χ1) is 13.1. The predicted octanol–water partition coefficient (Wildman–Crippen LogP) is 3.93. The van der Waals surface area contributed by atoms with Crippen LogP contribution in [0.1, 0.15) is 50.2 Å². The molecule has 1 aliphatic carbocycles. The summed E-state index contributed by atoms with van der Waals surface area (Å²) < 4.78 is 0. The van der Waals surface area contributed by atoms with Crippen LogP contribution in [0, 0.1) is 12.8 Å². The average molecular weight is 386 g/mol. The van der Waals surface area contributed by atoms with E-state index in [0.29, 0.717) is 0 Å². The number of aromatic nitrogens is 1. The molecule has 0 spiro atoms. The largest absolute Gasteiger partial charge is 0.273 e. The van der Waals surface area contributed by atoms with Gasteiger partial charge in [0.2, 0.25) is 11.8 Å². The highest BCUT2D eigenvalue weighted by Crippen LogP contribution is 2.26. The van der Waals surface area contributed by atoms with Crippen LogP contribution in [-0.4, -0.2) is 22.6 Å². The first-order valence-corrected chi connectivity index (χ1v) is 10.7. The lowest BCUT2D eigenvalue weighted by Crippen LogP contribution is -2.45. The number of nitrogens with zero attached hydrogens (tertiary/aromatic N) is 1. The molecule has 2 N–H and O–H groups in total. The van der Waals surface area contributed by atoms with Gasteiger partial charge < -0.3 is 0 Å². The Morgan fingerprint density at radius 2 is 1.93 bits per heavy atom. The van der Waals surface area contributed by atoms with Crippen molar-refractivity contribution in [3.63, 3.8) is 0 Å². The van der Waals surface area contributed by atoms with Gasteiger partial charge in [-0.3, -0.25) is 20.4 Å². The van der Waals surface area contributed by atoms with E-state index in [1.165, 1.54) is 23.7 Å². The van der Waals surface area contributed by atoms with Crippen LogP contribution in [0.25, 0.3) is 10.9 Å². The lowest BCUT2D eigenvalue weighted by Gasteiger charge is -2.20. The molecule has 0 unspecified atom stereocenters. The fourth-order valence-corrected chi connectivity index (χ4v) is 4.34. The van der Waals surface area contributed by atoms with Crippen LogP contribution >= 0.6 is 11.8 Å². The number of amides is 2. The second-order valence-corrected chi connectivity index (χ2v) is 8.13. The number of benzene rings is 1. The van der Waals surface area contributed by atoms with Crippen molar-refractivity contribution in [2.24, 2.45) is 5.92 Å². The molecule has 27 heavy (non-hydrogen) atoms. The molecule has 5 nitrogen and oxygen atoms in total. The van der Waals surface area contributed by atoms with Crippen LogP contribution in [0.4, 0.5) is 0 Å². The number of nitrogens with one attached hydrogen (secondary N) is 2. The quantitative estimate of drug-likeness (QED) is 0.604. The molecule has 2 aromatic rings. The Balaban J connectivity index is 1.57. The van der Waals surface area contributed by atoms with Crippen molar-refractivity contribution in [2.45, 2.75) is 57.4 Å². The zero-order valence-corrected chi connectivity index (χ0v) is 16.8. The summed E-state index contributed by atoms with van der Waals surface area (Å²) in [5, 5.41) is 2.00. The molecule has 1 fully saturated rings. The van der Waals surface area contributed by atoms with E-state index < -0.39 is 0 Å². The minimum absolute atomic E-state index is 0.0313. The summed E-state index contributed by atoms with van der Waals surface area (Å²) >= 11 is 1.41. The topological polar surface area (TPSA) is 71.1 Å². The maximum absolute atomic E-state index is 12.1. The monoisotopic (exact) mass is 385 g/mol. The van der Waals surface area contributed by atoms with E-state index in [2.05, 4.69) is 42.0 Å². The second kappa shape index (κ2) is 9.22. The van der Waals surface area contributed by atoms with Crippen molar-refractivity contribution in [2.75, 3.05) is 5.75 Å². The minimum atomic E-state index is -0.211. The Kier molecular flexibility index (Phi) is 6.72. The van der Waals surface area contributed by atoms with Crippen molar-refractivity contribution in [1.29, 1.82) is 0 Å². The summed E-state index contributed by atoms with van der Waals surface area (Å²) in [6.07, 6.45) is 6.07. The molecule has 1 aromatic carbocycles. The van der Waals surface area contributed by atoms with Crippen LogP contribution in [0.3, 0.4) is 0 Å². The predicted molar refractivity (Wildman–Crippen MR) is 109 cm³/mol. The third kappa shape index (κ3) is 5.22. The van der Waals surface area contributed by atoms with Crippen LogP contribution < -0.4 is 10.9 Å². The molecule has 0 atom stereocenters. The summed E-state index contributed by atoms with van der Waals surface area (Å²) in [6.45, 7) is 4.13. The molecular weight excluding hydrogens is 358 g/mol. The fraction of sp³-hybridized carbons (Fsp3) is 0.476. The van der Waals surface area contributed by atoms with Crippen molar-refractivity contribution in [1.82, 2.24) is 15.8 Å². The summed E-state index contributed by atoms with van der Waals surface area (Å²) in [4.78, 5) is 29.0. The summed E-state index contributed by atoms with van der Waals surface area (Å²) in [5.41, 5.74) is 8.37. The molecule has 0 saturated heterocycles. The second-order valence-electron chi connectivity index (χ2n) is 7.16. The summed E-state index contributed by atoms with van der Waals surface area (Å²) in [6, 6.07) is 8.37. The SMILES string of the molecule is CCc1cc2ccc(C)cc2nc1SCC(=O)NNC(=O)C1CCCCC1. The number of rotatable bonds is 5. The molecule has 1 aliphatic rings. The van der Waals surface area contributed by atoms with Gasteiger partial charge in [0.05, 0.1) is 11.3 Å². The number of aryl methyl sites for hydroxylation is 2. The van der Waals surface area contributed by atoms with Gasteiger partial charge in [-0.15, -0.1) is 0 Å². The summed E-state index contributed by atoms with van der Waals surface area (Å²) in [7, 11) is 0. The van der Waals surface area contributed by atoms with Gasteiger partial charge in [0.25, 0.3) is 0 Å². The number of carbonyl (C=O) groups is 2. The summed E-state index contributed by atoms with van der Waals surface area (Å²) in [5.74, 6) is -0.0230. The normalized spacial score (nSPS) is 14.9. The first kappa shape index (κ1) is 19.7. The van der Waals surface area contributed by atoms with Crippen molar-refractivity contribution < 1.29 is 9.59 Å². The van der Waals surface area contributed by atoms with Crippen molar-refractivity contribution in [3.8, 4) is 0 Å². The van der Waals surface area contributed by atoms with E-state index in [9.17, 15) is 9.59 Å². The van der Waals surface area contributed by atoms with E-state index in [4.69, 9.17) is 4.98 Å². The lowest BCUT2D eigenvalue weighted by atomic mass is 9.89. The fourth-order valence-electron chi connectivity index (χ4n) is 3.45. The molecule has 1 saturated carbocycles. The number of pyridine rings is 1. The van der Waals surface area contributed by atoms with Gasteiger partial charge in [-0.2, -0.15) is 0 Å². The number of hydrazine groups is 1. The van der Waals surface area contributed by atoms with Crippen molar-refractivity contribution in [3.05, 3.63) is 35.4 Å². The molecule has 3 rings (SSSR count). The minimum Gasteiger partial charge on any atom is -0.273 e. The number of thioether (sulfide) groups is 1. The molecule has 1 heterocycles. The molecular formula is C21H27N3O2S. The van der Waals surface area contributed by atoms with Gasteiger partial charge in [-0.1, -0.05) is 50.1 Å². The Bertz CT molecular complexity index is 832. The van der Waals surface area contributed by atoms with Crippen LogP contribution in [0.5, 0.6) is 0 Å². The number of hydrogen-bond donors (Lipinski definition) is 2. The highest BCUT2D eigenvalue weighted by Gasteiger charge is 2.21. The highest BCUT2D eigenvalue weighted by atomic mass is 32.2. The molecule has 0 radical (unpaired) electrons. The molecule has 0 bridgehead atoms. The van der Waals surface area contributed by atoms with Crippen LogP contribution in [-0.2, 0) is 16.0 Å². The van der Waals surface area contributed by atoms with Gasteiger partial charge >= 0.3 is 0 Å². The molecule has 144 valence electrons. The van der Waals surface area contributed by atoms with E-state index in [0.717, 1.165) is 53.6 Å². The van der Waals surface area contributed by atoms with Gasteiger partial charge in [0.1, 0.15) is 5.03 Å². The highest BCUT2D eigenvalue weighted by molar-refractivity contribution is 7.99. The first-order valence-electron chi connectivity index (χ1n) is 9.68. The average Bonchev–Trinajstić information content (AvgIpc) is 2.70. The molecule has 2 amide bonds. The Hall–Kier alpha value is -2.08. The molecule has 1 aromatic heterocycles. The molecule has 6 heteroatoms. The maximum atomic E-state index is 12.1. The Labute approximate surface area is 164 Å². The zero-order chi connectivity index (χ0) is 19.2. The van der Waals surface area contributed by atoms with Gasteiger partial charge in [-0.05, 0) is 49.4 Å². The number of carbonyl (C=O) groups excluding carboxylic acids is 2. The lowest BCUT2D eigenvalue weighted by molar-refractivity contribution is -0.131. The smallest absolute Gasteiger partial charge is 0.248 e. The standard InChI is InChI=1S/C21H27N3O2S/c1-3-15-12-17-10-9-14(2)11-18(17)22-21(15)27-13-19(25)23-24-20(26)16-7-5-4-6-8-16/h9-12,16H,3-8,13H2,1-2H3,(H,23,25)(H,24,26). The van der Waals surface area contributed by atoms with Gasteiger partial charge in [0, 0.05) is 11.3 Å². The maximum Gasteiger partial charge on any atom is 0.248 e. The van der Waals surface area contributed by atoms with Crippen molar-refractivity contribution >= 4 is 34.5 Å². The van der Waals surface area contributed by atoms with Gasteiger partial charge in [0.15, 0.2) is 0 Å². The Morgan fingerprint density at radius 1 is 1.15 bits per heavy atom. The van der Waals surface area contributed by atoms with E-state index >= 15 is 0 Å². The van der Waals surface area contributed by atoms with E-state index in [-0.39, 0.29) is 23.5 Å². The number of hydrogen-bond acceptors (Lipinski definition) is 4. The zero-order valence-electron chi connectivity index (χ0n) is 16.0. The van der Waals surface area contributed by atoms with Crippen LogP contribution in [0.2, 0.25) is 0 Å². The Morgan fingerprint density at radius 3 is 2.67 bits per heavy atom.